The van der Waals surface area contributed by atoms with E-state index in [9.17, 15) is 9.59 Å². The van der Waals surface area contributed by atoms with E-state index in [0.717, 1.165) is 11.1 Å². The predicted octanol–water partition coefficient (Wildman–Crippen LogP) is 3.23. The minimum Gasteiger partial charge on any atom is -0.483 e. The minimum absolute atomic E-state index is 0.0898. The Bertz CT molecular complexity index is 819. The van der Waals surface area contributed by atoms with E-state index in [1.54, 1.807) is 25.1 Å². The van der Waals surface area contributed by atoms with Crippen LogP contribution in [-0.2, 0) is 16.1 Å². The molecule has 0 aliphatic carbocycles. The average Bonchev–Trinajstić information content (AvgIpc) is 2.65. The molecule has 0 radical (unpaired) electrons. The van der Waals surface area contributed by atoms with Crippen LogP contribution < -0.4 is 15.5 Å². The number of aryl methyl sites for hydroxylation is 1. The molecule has 0 bridgehead atoms. The Morgan fingerprint density at radius 2 is 1.78 bits per heavy atom. The number of carbonyl (C=O) groups is 2. The fourth-order valence-corrected chi connectivity index (χ4v) is 2.32. The molecule has 2 aromatic rings. The summed E-state index contributed by atoms with van der Waals surface area (Å²) in [5.41, 5.74) is 4.78. The van der Waals surface area contributed by atoms with Crippen molar-refractivity contribution in [2.24, 2.45) is 5.10 Å². The van der Waals surface area contributed by atoms with Crippen molar-refractivity contribution in [2.45, 2.75) is 26.8 Å². The number of halogens is 1. The van der Waals surface area contributed by atoms with E-state index >= 15 is 0 Å². The van der Waals surface area contributed by atoms with E-state index in [1.165, 1.54) is 0 Å². The number of hydrogen-bond acceptors (Lipinski definition) is 4. The van der Waals surface area contributed by atoms with Crippen LogP contribution in [0.25, 0.3) is 0 Å². The number of hydrogen-bond donors (Lipinski definition) is 2. The van der Waals surface area contributed by atoms with Gasteiger partial charge in [-0.3, -0.25) is 9.59 Å². The second kappa shape index (κ2) is 10.3. The quantitative estimate of drug-likeness (QED) is 0.539. The van der Waals surface area contributed by atoms with Gasteiger partial charge in [0.15, 0.2) is 6.61 Å². The Balaban J connectivity index is 1.71. The molecule has 6 nitrogen and oxygen atoms in total. The summed E-state index contributed by atoms with van der Waals surface area (Å²) in [4.78, 5) is 23.7. The van der Waals surface area contributed by atoms with Crippen molar-refractivity contribution in [1.29, 1.82) is 0 Å². The molecule has 0 atom stereocenters. The van der Waals surface area contributed by atoms with E-state index in [1.807, 2.05) is 37.3 Å². The number of nitrogens with zero attached hydrogens (tertiary/aromatic N) is 1. The maximum atomic E-state index is 11.9. The molecule has 2 amide bonds. The Labute approximate surface area is 163 Å². The summed E-state index contributed by atoms with van der Waals surface area (Å²) in [6.45, 7) is 3.83. The molecule has 0 aliphatic rings. The second-order valence-corrected chi connectivity index (χ2v) is 6.45. The second-order valence-electron chi connectivity index (χ2n) is 6.02. The summed E-state index contributed by atoms with van der Waals surface area (Å²) in [5, 5.41) is 7.36. The highest BCUT2D eigenvalue weighted by atomic mass is 35.5. The zero-order valence-electron chi connectivity index (χ0n) is 15.3. The van der Waals surface area contributed by atoms with Crippen molar-refractivity contribution >= 4 is 29.1 Å². The number of carbonyl (C=O) groups excluding carboxylic acids is 2. The van der Waals surface area contributed by atoms with Crippen molar-refractivity contribution in [3.05, 3.63) is 64.7 Å². The highest BCUT2D eigenvalue weighted by molar-refractivity contribution is 6.30. The molecule has 0 heterocycles. The Hall–Kier alpha value is -2.86. The molecule has 2 N–H and O–H groups in total. The number of para-hydroxylation sites is 1. The fraction of sp³-hybridized carbons (Fsp3) is 0.250. The molecule has 0 fully saturated rings. The van der Waals surface area contributed by atoms with Crippen LogP contribution in [0.4, 0.5) is 0 Å². The SMILES string of the molecule is C/C(CC(=O)NCc1ccc(Cl)cc1)=N\NC(=O)COc1ccccc1C. The van der Waals surface area contributed by atoms with E-state index in [4.69, 9.17) is 16.3 Å². The van der Waals surface area contributed by atoms with Crippen LogP contribution >= 0.6 is 11.6 Å². The summed E-state index contributed by atoms with van der Waals surface area (Å²) in [6.07, 6.45) is 0.0898. The van der Waals surface area contributed by atoms with Crippen LogP contribution in [0.5, 0.6) is 5.75 Å². The first-order valence-corrected chi connectivity index (χ1v) is 8.83. The highest BCUT2D eigenvalue weighted by Crippen LogP contribution is 2.15. The van der Waals surface area contributed by atoms with Crippen molar-refractivity contribution in [3.8, 4) is 5.75 Å². The normalized spacial score (nSPS) is 11.0. The summed E-state index contributed by atoms with van der Waals surface area (Å²) >= 11 is 5.82. The third kappa shape index (κ3) is 7.50. The van der Waals surface area contributed by atoms with Crippen LogP contribution in [0.15, 0.2) is 53.6 Å². The van der Waals surface area contributed by atoms with Gasteiger partial charge in [0, 0.05) is 17.3 Å². The van der Waals surface area contributed by atoms with E-state index in [2.05, 4.69) is 15.8 Å². The molecule has 7 heteroatoms. The number of rotatable bonds is 8. The van der Waals surface area contributed by atoms with Gasteiger partial charge in [-0.15, -0.1) is 0 Å². The van der Waals surface area contributed by atoms with E-state index in [-0.39, 0.29) is 24.8 Å². The predicted molar refractivity (Wildman–Crippen MR) is 106 cm³/mol. The topological polar surface area (TPSA) is 79.8 Å². The van der Waals surface area contributed by atoms with Gasteiger partial charge in [-0.05, 0) is 43.2 Å². The van der Waals surface area contributed by atoms with Crippen molar-refractivity contribution in [2.75, 3.05) is 6.61 Å². The Morgan fingerprint density at radius 3 is 2.48 bits per heavy atom. The molecule has 2 aromatic carbocycles. The first-order valence-electron chi connectivity index (χ1n) is 8.45. The molecule has 2 rings (SSSR count). The van der Waals surface area contributed by atoms with Crippen molar-refractivity contribution in [1.82, 2.24) is 10.7 Å². The summed E-state index contributed by atoms with van der Waals surface area (Å²) < 4.78 is 5.44. The highest BCUT2D eigenvalue weighted by Gasteiger charge is 2.06. The Kier molecular flexibility index (Phi) is 7.82. The van der Waals surface area contributed by atoms with Crippen LogP contribution in [0.1, 0.15) is 24.5 Å². The average molecular weight is 388 g/mol. The maximum absolute atomic E-state index is 11.9. The van der Waals surface area contributed by atoms with Crippen molar-refractivity contribution < 1.29 is 14.3 Å². The molecule has 0 spiro atoms. The molecule has 27 heavy (non-hydrogen) atoms. The molecule has 0 unspecified atom stereocenters. The molecule has 0 aromatic heterocycles. The van der Waals surface area contributed by atoms with E-state index < -0.39 is 0 Å². The number of benzene rings is 2. The van der Waals surface area contributed by atoms with Crippen LogP contribution in [-0.4, -0.2) is 24.1 Å². The van der Waals surface area contributed by atoms with Crippen LogP contribution in [0.3, 0.4) is 0 Å². The number of nitrogens with one attached hydrogen (secondary N) is 2. The summed E-state index contributed by atoms with van der Waals surface area (Å²) in [7, 11) is 0. The lowest BCUT2D eigenvalue weighted by Gasteiger charge is -2.08. The lowest BCUT2D eigenvalue weighted by Crippen LogP contribution is -2.28. The van der Waals surface area contributed by atoms with Gasteiger partial charge in [-0.1, -0.05) is 41.9 Å². The summed E-state index contributed by atoms with van der Waals surface area (Å²) in [5.74, 6) is 0.0747. The zero-order chi connectivity index (χ0) is 19.6. The number of hydrazone groups is 1. The molecule has 0 saturated carbocycles. The van der Waals surface area contributed by atoms with E-state index in [0.29, 0.717) is 23.0 Å². The van der Waals surface area contributed by atoms with Gasteiger partial charge in [0.1, 0.15) is 5.75 Å². The third-order valence-corrected chi connectivity index (χ3v) is 3.90. The molecular formula is C20H22ClN3O3. The van der Waals surface area contributed by atoms with Crippen molar-refractivity contribution in [3.63, 3.8) is 0 Å². The van der Waals surface area contributed by atoms with Crippen LogP contribution in [0.2, 0.25) is 5.02 Å². The maximum Gasteiger partial charge on any atom is 0.277 e. The van der Waals surface area contributed by atoms with Gasteiger partial charge in [0.25, 0.3) is 5.91 Å². The number of amides is 2. The lowest BCUT2D eigenvalue weighted by atomic mass is 10.2. The van der Waals surface area contributed by atoms with Crippen LogP contribution in [0, 0.1) is 6.92 Å². The van der Waals surface area contributed by atoms with Gasteiger partial charge in [0.2, 0.25) is 5.91 Å². The monoisotopic (exact) mass is 387 g/mol. The van der Waals surface area contributed by atoms with Gasteiger partial charge >= 0.3 is 0 Å². The smallest absolute Gasteiger partial charge is 0.277 e. The number of ether oxygens (including phenoxy) is 1. The molecule has 142 valence electrons. The van der Waals surface area contributed by atoms with Gasteiger partial charge < -0.3 is 10.1 Å². The minimum atomic E-state index is -0.390. The molecule has 0 saturated heterocycles. The van der Waals surface area contributed by atoms with Gasteiger partial charge in [-0.25, -0.2) is 5.43 Å². The Morgan fingerprint density at radius 1 is 1.07 bits per heavy atom. The third-order valence-electron chi connectivity index (χ3n) is 3.64. The molecule has 0 aliphatic heterocycles. The lowest BCUT2D eigenvalue weighted by molar-refractivity contribution is -0.123. The first kappa shape index (κ1) is 20.5. The molecular weight excluding hydrogens is 366 g/mol. The standard InChI is InChI=1S/C20H22ClN3O3/c1-14-5-3-4-6-18(14)27-13-20(26)24-23-15(2)11-19(25)22-12-16-7-9-17(21)10-8-16/h3-10H,11-13H2,1-2H3,(H,22,25)(H,24,26)/b23-15+. The largest absolute Gasteiger partial charge is 0.483 e. The fourth-order valence-electron chi connectivity index (χ4n) is 2.19. The van der Waals surface area contributed by atoms with Gasteiger partial charge in [0.05, 0.1) is 6.42 Å². The zero-order valence-corrected chi connectivity index (χ0v) is 16.0. The first-order chi connectivity index (χ1) is 12.9. The summed E-state index contributed by atoms with van der Waals surface area (Å²) in [6, 6.07) is 14.7. The van der Waals surface area contributed by atoms with Gasteiger partial charge in [-0.2, -0.15) is 5.10 Å².